The van der Waals surface area contributed by atoms with Crippen molar-refractivity contribution in [1.29, 1.82) is 0 Å². The van der Waals surface area contributed by atoms with E-state index in [0.29, 0.717) is 44.0 Å². The Morgan fingerprint density at radius 2 is 1.33 bits per heavy atom. The van der Waals surface area contributed by atoms with Gasteiger partial charge in [0.2, 0.25) is 0 Å². The Balaban J connectivity index is 0.000000234. The molecule has 3 aromatic heterocycles. The number of halogens is 1. The fourth-order valence-electron chi connectivity index (χ4n) is 5.56. The van der Waals surface area contributed by atoms with E-state index in [0.717, 1.165) is 67.3 Å². The summed E-state index contributed by atoms with van der Waals surface area (Å²) in [6.07, 6.45) is 2.52. The third-order valence-corrected chi connectivity index (χ3v) is 7.63. The Morgan fingerprint density at radius 3 is 1.98 bits per heavy atom. The summed E-state index contributed by atoms with van der Waals surface area (Å²) in [7, 11) is 1.63. The highest BCUT2D eigenvalue weighted by Gasteiger charge is 2.19. The second kappa shape index (κ2) is 17.0. The second-order valence-electron chi connectivity index (χ2n) is 11.3. The summed E-state index contributed by atoms with van der Waals surface area (Å²) in [6.45, 7) is 14.3. The summed E-state index contributed by atoms with van der Waals surface area (Å²) in [5.74, 6) is 4.81. The van der Waals surface area contributed by atoms with Crippen LogP contribution in [0.2, 0.25) is 0 Å². The number of fused-ring (bicyclic) bond motifs is 3. The van der Waals surface area contributed by atoms with Crippen LogP contribution in [0.15, 0.2) is 80.5 Å². The molecule has 0 aliphatic rings. The van der Waals surface area contributed by atoms with Crippen LogP contribution in [0.1, 0.15) is 64.5 Å². The SMILES string of the molecule is CCOc1ccc(Cc2nccc3cc(OCC)c(OCC)cc23)cc1OCC.COc1c(C(C)C)oc2cc3oc(=O)ccc3cc12.Cl. The molecule has 0 N–H and O–H groups in total. The zero-order chi connectivity index (χ0) is 34.2. The van der Waals surface area contributed by atoms with E-state index < -0.39 is 0 Å². The molecule has 3 heterocycles. The van der Waals surface area contributed by atoms with Gasteiger partial charge in [0.15, 0.2) is 28.7 Å². The molecule has 0 saturated carbocycles. The van der Waals surface area contributed by atoms with E-state index in [9.17, 15) is 4.79 Å². The third-order valence-electron chi connectivity index (χ3n) is 7.63. The lowest BCUT2D eigenvalue weighted by Crippen LogP contribution is -2.01. The number of nitrogens with zero attached hydrogens (tertiary/aromatic N) is 1. The normalized spacial score (nSPS) is 10.9. The smallest absolute Gasteiger partial charge is 0.336 e. The number of ether oxygens (including phenoxy) is 5. The maximum atomic E-state index is 11.2. The number of rotatable bonds is 12. The Bertz CT molecular complexity index is 2070. The minimum Gasteiger partial charge on any atom is -0.492 e. The summed E-state index contributed by atoms with van der Waals surface area (Å²) in [6, 6.07) is 18.9. The van der Waals surface area contributed by atoms with Crippen molar-refractivity contribution in [2.24, 2.45) is 0 Å². The molecule has 0 bridgehead atoms. The zero-order valence-electron chi connectivity index (χ0n) is 29.1. The Morgan fingerprint density at radius 1 is 0.673 bits per heavy atom. The van der Waals surface area contributed by atoms with Crippen molar-refractivity contribution < 1.29 is 32.5 Å². The van der Waals surface area contributed by atoms with E-state index in [1.54, 1.807) is 19.2 Å². The highest BCUT2D eigenvalue weighted by Crippen LogP contribution is 2.39. The predicted molar refractivity (Wildman–Crippen MR) is 196 cm³/mol. The summed E-state index contributed by atoms with van der Waals surface area (Å²) >= 11 is 0. The standard InChI is InChI=1S/C24H29NO4.C15H14O4.ClH/c1-5-26-21-10-9-17(14-22(21)27-6-2)13-20-19-16-24(29-8-4)23(28-7-3)15-18(19)11-12-25-20;1-8(2)14-15(17-3)10-6-9-4-5-13(16)18-11(9)7-12(10)19-14;/h9-12,14-16H,5-8,13H2,1-4H3;4-8H,1-3H3;1H. The predicted octanol–water partition coefficient (Wildman–Crippen LogP) is 9.51. The van der Waals surface area contributed by atoms with Crippen LogP contribution in [-0.2, 0) is 6.42 Å². The number of furan rings is 1. The van der Waals surface area contributed by atoms with Crippen molar-refractivity contribution in [3.8, 4) is 28.7 Å². The van der Waals surface area contributed by atoms with E-state index in [4.69, 9.17) is 32.5 Å². The van der Waals surface area contributed by atoms with Gasteiger partial charge in [-0.3, -0.25) is 4.98 Å². The number of benzene rings is 3. The van der Waals surface area contributed by atoms with Gasteiger partial charge in [0.25, 0.3) is 0 Å². The first-order chi connectivity index (χ1) is 23.3. The minimum atomic E-state index is -0.366. The van der Waals surface area contributed by atoms with Crippen molar-refractivity contribution in [1.82, 2.24) is 4.98 Å². The molecule has 0 fully saturated rings. The van der Waals surface area contributed by atoms with Gasteiger partial charge in [0, 0.05) is 41.4 Å². The average Bonchev–Trinajstić information content (AvgIpc) is 3.44. The molecule has 0 spiro atoms. The van der Waals surface area contributed by atoms with E-state index >= 15 is 0 Å². The summed E-state index contributed by atoms with van der Waals surface area (Å²) in [4.78, 5) is 15.9. The fraction of sp³-hybridized carbons (Fsp3) is 0.333. The van der Waals surface area contributed by atoms with Gasteiger partial charge < -0.3 is 32.5 Å². The van der Waals surface area contributed by atoms with E-state index in [1.165, 1.54) is 6.07 Å². The highest BCUT2D eigenvalue weighted by atomic mass is 35.5. The second-order valence-corrected chi connectivity index (χ2v) is 11.3. The number of aromatic nitrogens is 1. The third kappa shape index (κ3) is 8.40. The van der Waals surface area contributed by atoms with Crippen LogP contribution in [0.3, 0.4) is 0 Å². The van der Waals surface area contributed by atoms with E-state index in [2.05, 4.69) is 11.1 Å². The van der Waals surface area contributed by atoms with Crippen molar-refractivity contribution in [2.45, 2.75) is 53.9 Å². The van der Waals surface area contributed by atoms with Crippen LogP contribution in [0, 0.1) is 0 Å². The number of hydrogen-bond donors (Lipinski definition) is 0. The van der Waals surface area contributed by atoms with Gasteiger partial charge >= 0.3 is 5.63 Å². The lowest BCUT2D eigenvalue weighted by Gasteiger charge is -2.15. The summed E-state index contributed by atoms with van der Waals surface area (Å²) in [5.41, 5.74) is 2.92. The molecule has 0 unspecified atom stereocenters. The van der Waals surface area contributed by atoms with Gasteiger partial charge in [-0.2, -0.15) is 0 Å². The van der Waals surface area contributed by atoms with Crippen molar-refractivity contribution >= 4 is 45.1 Å². The van der Waals surface area contributed by atoms with Crippen LogP contribution >= 0.6 is 12.4 Å². The number of methoxy groups -OCH3 is 1. The molecule has 0 radical (unpaired) electrons. The molecule has 9 nitrogen and oxygen atoms in total. The maximum Gasteiger partial charge on any atom is 0.336 e. The van der Waals surface area contributed by atoms with Gasteiger partial charge in [-0.05, 0) is 81.1 Å². The Labute approximate surface area is 292 Å². The lowest BCUT2D eigenvalue weighted by molar-refractivity contribution is 0.287. The fourth-order valence-corrected chi connectivity index (χ4v) is 5.56. The molecule has 49 heavy (non-hydrogen) atoms. The van der Waals surface area contributed by atoms with Crippen molar-refractivity contribution in [2.75, 3.05) is 33.5 Å². The molecular formula is C39H44ClNO8. The summed E-state index contributed by atoms with van der Waals surface area (Å²) < 4.78 is 39.4. The largest absolute Gasteiger partial charge is 0.492 e. The minimum absolute atomic E-state index is 0. The topological polar surface area (TPSA) is 102 Å². The lowest BCUT2D eigenvalue weighted by atomic mass is 10.0. The monoisotopic (exact) mass is 689 g/mol. The molecule has 0 atom stereocenters. The van der Waals surface area contributed by atoms with Crippen LogP contribution in [0.25, 0.3) is 32.7 Å². The quantitative estimate of drug-likeness (QED) is 0.116. The first-order valence-electron chi connectivity index (χ1n) is 16.4. The zero-order valence-corrected chi connectivity index (χ0v) is 29.9. The van der Waals surface area contributed by atoms with E-state index in [-0.39, 0.29) is 24.0 Å². The van der Waals surface area contributed by atoms with Crippen LogP contribution in [0.4, 0.5) is 0 Å². The molecule has 0 aliphatic heterocycles. The van der Waals surface area contributed by atoms with E-state index in [1.807, 2.05) is 84.1 Å². The van der Waals surface area contributed by atoms with Crippen LogP contribution in [-0.4, -0.2) is 38.5 Å². The summed E-state index contributed by atoms with van der Waals surface area (Å²) in [5, 5.41) is 3.89. The first-order valence-corrected chi connectivity index (χ1v) is 16.4. The molecule has 3 aromatic carbocycles. The van der Waals surface area contributed by atoms with Gasteiger partial charge in [-0.15, -0.1) is 12.4 Å². The average molecular weight is 690 g/mol. The Kier molecular flexibility index (Phi) is 12.8. The molecular weight excluding hydrogens is 646 g/mol. The van der Waals surface area contributed by atoms with Gasteiger partial charge in [0.1, 0.15) is 16.9 Å². The van der Waals surface area contributed by atoms with Crippen LogP contribution < -0.4 is 29.3 Å². The van der Waals surface area contributed by atoms with Crippen molar-refractivity contribution in [3.63, 3.8) is 0 Å². The van der Waals surface area contributed by atoms with Gasteiger partial charge in [-0.1, -0.05) is 19.9 Å². The Hall–Kier alpha value is -4.89. The first kappa shape index (κ1) is 36.9. The number of hydrogen-bond acceptors (Lipinski definition) is 9. The molecule has 6 rings (SSSR count). The molecule has 0 amide bonds. The van der Waals surface area contributed by atoms with Crippen LogP contribution in [0.5, 0.6) is 28.7 Å². The van der Waals surface area contributed by atoms with Gasteiger partial charge in [-0.25, -0.2) is 4.79 Å². The molecule has 260 valence electrons. The molecule has 0 saturated heterocycles. The number of pyridine rings is 1. The highest BCUT2D eigenvalue weighted by molar-refractivity contribution is 5.97. The van der Waals surface area contributed by atoms with Crippen molar-refractivity contribution in [3.05, 3.63) is 94.3 Å². The van der Waals surface area contributed by atoms with Gasteiger partial charge in [0.05, 0.1) is 44.6 Å². The molecule has 10 heteroatoms. The maximum absolute atomic E-state index is 11.2. The molecule has 0 aliphatic carbocycles. The molecule has 6 aromatic rings.